The number of carbonyl (C=O) groups excluding carboxylic acids is 2. The molecule has 1 aromatic rings. The number of hydrogen-bond acceptors (Lipinski definition) is 4. The van der Waals surface area contributed by atoms with Crippen LogP contribution in [0.1, 0.15) is 12.0 Å². The van der Waals surface area contributed by atoms with Gasteiger partial charge in [0.05, 0.1) is 19.1 Å². The highest BCUT2D eigenvalue weighted by Crippen LogP contribution is 2.44. The van der Waals surface area contributed by atoms with Gasteiger partial charge in [-0.15, -0.1) is 0 Å². The molecule has 2 aliphatic carbocycles. The number of fused-ring (bicyclic) bond motifs is 2. The van der Waals surface area contributed by atoms with Gasteiger partial charge in [-0.25, -0.2) is 4.79 Å². The predicted molar refractivity (Wildman–Crippen MR) is 79.8 cm³/mol. The van der Waals surface area contributed by atoms with E-state index in [2.05, 4.69) is 11.4 Å². The largest absolute Gasteiger partial charge is 0.469 e. The number of ether oxygens (including phenoxy) is 2. The Morgan fingerprint density at radius 3 is 2.64 bits per heavy atom. The third-order valence-electron chi connectivity index (χ3n) is 4.43. The number of alkyl carbamates (subject to hydrolysis) is 1. The molecule has 3 rings (SSSR count). The summed E-state index contributed by atoms with van der Waals surface area (Å²) in [4.78, 5) is 23.9. The summed E-state index contributed by atoms with van der Waals surface area (Å²) in [5.74, 6) is -0.260. The molecule has 1 amide bonds. The molecule has 4 atom stereocenters. The number of hydrogen-bond donors (Lipinski definition) is 1. The number of methoxy groups -OCH3 is 1. The van der Waals surface area contributed by atoms with Crippen molar-refractivity contribution >= 4 is 12.1 Å². The lowest BCUT2D eigenvalue weighted by Gasteiger charge is -2.26. The Hall–Kier alpha value is -2.30. The first-order chi connectivity index (χ1) is 10.7. The van der Waals surface area contributed by atoms with Gasteiger partial charge in [-0.3, -0.25) is 4.79 Å². The van der Waals surface area contributed by atoms with Gasteiger partial charge in [-0.05, 0) is 23.8 Å². The van der Waals surface area contributed by atoms with Gasteiger partial charge in [0.15, 0.2) is 0 Å². The molecule has 0 spiro atoms. The molecule has 0 saturated heterocycles. The Kier molecular flexibility index (Phi) is 4.13. The van der Waals surface area contributed by atoms with Crippen LogP contribution in [0.15, 0.2) is 42.5 Å². The minimum Gasteiger partial charge on any atom is -0.469 e. The van der Waals surface area contributed by atoms with Gasteiger partial charge in [0, 0.05) is 0 Å². The Bertz CT molecular complexity index is 584. The van der Waals surface area contributed by atoms with Crippen molar-refractivity contribution < 1.29 is 19.1 Å². The van der Waals surface area contributed by atoms with Crippen molar-refractivity contribution in [2.24, 2.45) is 17.8 Å². The van der Waals surface area contributed by atoms with Crippen LogP contribution in [-0.2, 0) is 20.9 Å². The molecule has 5 nitrogen and oxygen atoms in total. The fraction of sp³-hybridized carbons (Fsp3) is 0.412. The number of rotatable bonds is 4. The summed E-state index contributed by atoms with van der Waals surface area (Å²) in [5.41, 5.74) is 0.926. The predicted octanol–water partition coefficient (Wildman–Crippen LogP) is 2.28. The van der Waals surface area contributed by atoms with E-state index in [0.717, 1.165) is 12.0 Å². The molecule has 0 heterocycles. The number of esters is 1. The summed E-state index contributed by atoms with van der Waals surface area (Å²) < 4.78 is 10.1. The maximum absolute atomic E-state index is 12.0. The molecule has 1 saturated carbocycles. The number of allylic oxidation sites excluding steroid dienone is 1. The van der Waals surface area contributed by atoms with Crippen molar-refractivity contribution in [3.05, 3.63) is 48.0 Å². The molecular weight excluding hydrogens is 282 g/mol. The zero-order valence-electron chi connectivity index (χ0n) is 12.4. The summed E-state index contributed by atoms with van der Waals surface area (Å²) >= 11 is 0. The van der Waals surface area contributed by atoms with E-state index in [4.69, 9.17) is 9.47 Å². The average Bonchev–Trinajstić information content (AvgIpc) is 3.14. The number of carbonyl (C=O) groups is 2. The van der Waals surface area contributed by atoms with E-state index < -0.39 is 6.09 Å². The smallest absolute Gasteiger partial charge is 0.407 e. The Balaban J connectivity index is 1.58. The fourth-order valence-electron chi connectivity index (χ4n) is 3.38. The fourth-order valence-corrected chi connectivity index (χ4v) is 3.38. The van der Waals surface area contributed by atoms with E-state index in [0.29, 0.717) is 0 Å². The van der Waals surface area contributed by atoms with Crippen LogP contribution in [0.5, 0.6) is 0 Å². The Morgan fingerprint density at radius 2 is 1.91 bits per heavy atom. The van der Waals surface area contributed by atoms with Gasteiger partial charge >= 0.3 is 12.1 Å². The van der Waals surface area contributed by atoms with Crippen molar-refractivity contribution in [2.75, 3.05) is 7.11 Å². The Morgan fingerprint density at radius 1 is 1.18 bits per heavy atom. The van der Waals surface area contributed by atoms with Crippen molar-refractivity contribution in [1.82, 2.24) is 5.32 Å². The van der Waals surface area contributed by atoms with E-state index in [1.54, 1.807) is 0 Å². The van der Waals surface area contributed by atoms with E-state index in [1.165, 1.54) is 7.11 Å². The van der Waals surface area contributed by atoms with Gasteiger partial charge in [-0.1, -0.05) is 42.5 Å². The average molecular weight is 301 g/mol. The van der Waals surface area contributed by atoms with Crippen LogP contribution in [-0.4, -0.2) is 25.2 Å². The lowest BCUT2D eigenvalue weighted by molar-refractivity contribution is -0.147. The molecule has 0 aliphatic heterocycles. The molecule has 1 aromatic carbocycles. The van der Waals surface area contributed by atoms with Crippen LogP contribution in [0, 0.1) is 17.8 Å². The highest BCUT2D eigenvalue weighted by atomic mass is 16.5. The first-order valence-electron chi connectivity index (χ1n) is 7.42. The van der Waals surface area contributed by atoms with Crippen LogP contribution in [0.2, 0.25) is 0 Å². The molecule has 1 fully saturated rings. The second-order valence-corrected chi connectivity index (χ2v) is 5.73. The monoisotopic (exact) mass is 301 g/mol. The highest BCUT2D eigenvalue weighted by molar-refractivity contribution is 5.77. The van der Waals surface area contributed by atoms with Crippen LogP contribution < -0.4 is 5.32 Å². The third kappa shape index (κ3) is 2.84. The maximum atomic E-state index is 12.0. The molecule has 0 radical (unpaired) electrons. The first-order valence-corrected chi connectivity index (χ1v) is 7.42. The second-order valence-electron chi connectivity index (χ2n) is 5.73. The topological polar surface area (TPSA) is 64.6 Å². The zero-order valence-corrected chi connectivity index (χ0v) is 12.4. The second kappa shape index (κ2) is 6.22. The molecule has 1 N–H and O–H groups in total. The molecule has 0 aromatic heterocycles. The van der Waals surface area contributed by atoms with Gasteiger partial charge in [0.2, 0.25) is 0 Å². The lowest BCUT2D eigenvalue weighted by atomic mass is 9.89. The SMILES string of the molecule is COC(=O)[C@@H]1[C@H](NC(=O)OCc2ccccc2)[C@H]2C=C[C@@H]1C2. The molecule has 2 bridgehead atoms. The number of benzene rings is 1. The number of nitrogens with one attached hydrogen (secondary N) is 1. The van der Waals surface area contributed by atoms with E-state index >= 15 is 0 Å². The van der Waals surface area contributed by atoms with Crippen LogP contribution in [0.4, 0.5) is 4.79 Å². The van der Waals surface area contributed by atoms with Crippen molar-refractivity contribution in [1.29, 1.82) is 0 Å². The van der Waals surface area contributed by atoms with Crippen molar-refractivity contribution in [2.45, 2.75) is 19.1 Å². The Labute approximate surface area is 129 Å². The van der Waals surface area contributed by atoms with Crippen LogP contribution in [0.25, 0.3) is 0 Å². The highest BCUT2D eigenvalue weighted by Gasteiger charge is 2.49. The van der Waals surface area contributed by atoms with Gasteiger partial charge < -0.3 is 14.8 Å². The number of amides is 1. The minimum atomic E-state index is -0.497. The quantitative estimate of drug-likeness (QED) is 0.684. The zero-order chi connectivity index (χ0) is 15.5. The normalized spacial score (nSPS) is 28.4. The standard InChI is InChI=1S/C17H19NO4/c1-21-16(19)14-12-7-8-13(9-12)15(14)18-17(20)22-10-11-5-3-2-4-6-11/h2-8,12-15H,9-10H2,1H3,(H,18,20)/t12-,13+,14+,15-/m1/s1. The van der Waals surface area contributed by atoms with Gasteiger partial charge in [0.1, 0.15) is 6.61 Å². The van der Waals surface area contributed by atoms with Gasteiger partial charge in [0.25, 0.3) is 0 Å². The van der Waals surface area contributed by atoms with Crippen molar-refractivity contribution in [3.63, 3.8) is 0 Å². The minimum absolute atomic E-state index is 0.150. The molecule has 116 valence electrons. The molecule has 2 aliphatic rings. The van der Waals surface area contributed by atoms with Gasteiger partial charge in [-0.2, -0.15) is 0 Å². The lowest BCUT2D eigenvalue weighted by Crippen LogP contribution is -2.46. The van der Waals surface area contributed by atoms with E-state index in [1.807, 2.05) is 36.4 Å². The third-order valence-corrected chi connectivity index (χ3v) is 4.43. The van der Waals surface area contributed by atoms with Crippen molar-refractivity contribution in [3.8, 4) is 0 Å². The molecule has 22 heavy (non-hydrogen) atoms. The summed E-state index contributed by atoms with van der Waals surface area (Å²) in [7, 11) is 1.38. The van der Waals surface area contributed by atoms with Crippen LogP contribution in [0.3, 0.4) is 0 Å². The first kappa shape index (κ1) is 14.6. The maximum Gasteiger partial charge on any atom is 0.407 e. The summed E-state index contributed by atoms with van der Waals surface area (Å²) in [6.45, 7) is 0.215. The molecular formula is C17H19NO4. The van der Waals surface area contributed by atoms with Crippen LogP contribution >= 0.6 is 0 Å². The molecule has 5 heteroatoms. The van der Waals surface area contributed by atoms with E-state index in [9.17, 15) is 9.59 Å². The summed E-state index contributed by atoms with van der Waals surface area (Å²) in [5, 5.41) is 2.83. The summed E-state index contributed by atoms with van der Waals surface area (Å²) in [6.07, 6.45) is 4.48. The molecule has 0 unspecified atom stereocenters. The van der Waals surface area contributed by atoms with E-state index in [-0.39, 0.29) is 36.4 Å². The summed E-state index contributed by atoms with van der Waals surface area (Å²) in [6, 6.07) is 9.24.